The Kier molecular flexibility index (Phi) is 41.8. The minimum absolute atomic E-state index is 0.196. The SMILES string of the molecule is CCCCCCCCCCCC/C=C/C(O)C(COC1OC(CO)C(OC2OC(CO)C(O)C(OC3(C(=O)O)CC(O)C(NC(C)=O)C(C(O)C(O)CO)O3)C2O)C(O)C1O)NC(=O)CCCCCCCCC/C=C\CCCCCCCCCCCCC. The van der Waals surface area contributed by atoms with Crippen LogP contribution in [0.4, 0.5) is 0 Å². The lowest BCUT2D eigenvalue weighted by molar-refractivity contribution is -0.386. The van der Waals surface area contributed by atoms with Gasteiger partial charge in [0, 0.05) is 19.8 Å². The van der Waals surface area contributed by atoms with Crippen LogP contribution >= 0.6 is 0 Å². The molecule has 0 bridgehead atoms. The van der Waals surface area contributed by atoms with E-state index in [1.54, 1.807) is 6.08 Å². The van der Waals surface area contributed by atoms with Crippen LogP contribution < -0.4 is 10.6 Å². The lowest BCUT2D eigenvalue weighted by Gasteiger charge is -2.50. The van der Waals surface area contributed by atoms with Crippen LogP contribution in [0, 0.1) is 0 Å². The quantitative estimate of drug-likeness (QED) is 0.0272. The summed E-state index contributed by atoms with van der Waals surface area (Å²) >= 11 is 0. The van der Waals surface area contributed by atoms with Crippen molar-refractivity contribution >= 4 is 17.8 Å². The fourth-order valence-corrected chi connectivity index (χ4v) is 11.7. The van der Waals surface area contributed by atoms with Gasteiger partial charge in [-0.25, -0.2) is 4.79 Å². The maximum atomic E-state index is 13.4. The van der Waals surface area contributed by atoms with Crippen molar-refractivity contribution < 1.29 is 104 Å². The number of carboxylic acid groups (broad SMARTS) is 1. The predicted molar refractivity (Wildman–Crippen MR) is 329 cm³/mol. The molecule has 0 radical (unpaired) electrons. The van der Waals surface area contributed by atoms with Gasteiger partial charge in [-0.15, -0.1) is 0 Å². The monoisotopic (exact) mass is 1260 g/mol. The third-order valence-electron chi connectivity index (χ3n) is 17.1. The first kappa shape index (κ1) is 79.4. The lowest BCUT2D eigenvalue weighted by atomic mass is 9.88. The molecule has 23 heteroatoms. The van der Waals surface area contributed by atoms with Gasteiger partial charge in [-0.1, -0.05) is 192 Å². The summed E-state index contributed by atoms with van der Waals surface area (Å²) in [5.41, 5.74) is 0. The van der Waals surface area contributed by atoms with Crippen molar-refractivity contribution in [1.29, 1.82) is 0 Å². The van der Waals surface area contributed by atoms with Gasteiger partial charge in [-0.3, -0.25) is 9.59 Å². The molecule has 3 heterocycles. The van der Waals surface area contributed by atoms with Crippen LogP contribution in [0.25, 0.3) is 0 Å². The summed E-state index contributed by atoms with van der Waals surface area (Å²) in [6, 6.07) is -2.62. The molecule has 514 valence electrons. The lowest BCUT2D eigenvalue weighted by Crippen LogP contribution is -2.70. The van der Waals surface area contributed by atoms with E-state index in [0.29, 0.717) is 12.8 Å². The molecule has 0 saturated carbocycles. The molecule has 3 aliphatic heterocycles. The zero-order valence-corrected chi connectivity index (χ0v) is 53.3. The summed E-state index contributed by atoms with van der Waals surface area (Å²) in [7, 11) is 0. The van der Waals surface area contributed by atoms with E-state index in [4.69, 9.17) is 28.4 Å². The van der Waals surface area contributed by atoms with Crippen LogP contribution in [0.15, 0.2) is 24.3 Å². The number of amides is 2. The first-order valence-corrected chi connectivity index (χ1v) is 33.7. The number of hydrogen-bond acceptors (Lipinski definition) is 20. The molecule has 3 rings (SSSR count). The standard InChI is InChI=1S/C65H118N2O21/c1-4-6-8-10-12-14-16-18-19-20-21-22-23-24-25-26-27-29-31-33-35-37-39-52(75)67-46(47(72)38-36-34-32-30-28-17-15-13-11-9-7-5-2)44-83-62-57(79)56(78)59(51(43-70)85-62)86-63-58(80)61(55(77)50(42-69)84-63)88-65(64(81)82)40-48(73)53(66-45(3)71)60(87-65)54(76)49(74)41-68/h23-24,36,38,46-51,53-63,68-70,72-74,76-80H,4-22,25-35,37,39-44H2,1-3H3,(H,66,71)(H,67,75)(H,81,82)/b24-23-,38-36+. The third-order valence-corrected chi connectivity index (χ3v) is 17.1. The normalized spacial score (nSPS) is 29.1. The summed E-state index contributed by atoms with van der Waals surface area (Å²) < 4.78 is 34.7. The molecule has 88 heavy (non-hydrogen) atoms. The molecule has 2 amide bonds. The third kappa shape index (κ3) is 29.0. The molecule has 3 aliphatic rings. The van der Waals surface area contributed by atoms with Gasteiger partial charge < -0.3 is 100 Å². The zero-order chi connectivity index (χ0) is 64.7. The number of rotatable bonds is 50. The van der Waals surface area contributed by atoms with Crippen molar-refractivity contribution in [1.82, 2.24) is 10.6 Å². The van der Waals surface area contributed by atoms with Gasteiger partial charge in [-0.05, 0) is 44.9 Å². The second kappa shape index (κ2) is 46.3. The number of allylic oxidation sites excluding steroid dienone is 3. The molecular weight excluding hydrogens is 1140 g/mol. The van der Waals surface area contributed by atoms with Gasteiger partial charge in [-0.2, -0.15) is 0 Å². The van der Waals surface area contributed by atoms with Crippen LogP contribution in [0.3, 0.4) is 0 Å². The Bertz CT molecular complexity index is 1890. The van der Waals surface area contributed by atoms with Crippen LogP contribution in [0.5, 0.6) is 0 Å². The number of aliphatic carboxylic acids is 1. The molecule has 0 aromatic heterocycles. The molecule has 3 fully saturated rings. The van der Waals surface area contributed by atoms with Gasteiger partial charge in [0.05, 0.1) is 50.7 Å². The van der Waals surface area contributed by atoms with E-state index in [-0.39, 0.29) is 12.3 Å². The second-order valence-electron chi connectivity index (χ2n) is 24.7. The molecule has 3 saturated heterocycles. The Labute approximate surface area is 523 Å². The number of aliphatic hydroxyl groups is 11. The Morgan fingerprint density at radius 2 is 1.07 bits per heavy atom. The highest BCUT2D eigenvalue weighted by Gasteiger charge is 2.60. The molecule has 18 atom stereocenters. The minimum atomic E-state index is -3.08. The number of unbranched alkanes of at least 4 members (excludes halogenated alkanes) is 28. The number of nitrogens with one attached hydrogen (secondary N) is 2. The van der Waals surface area contributed by atoms with Crippen LogP contribution in [-0.4, -0.2) is 215 Å². The summed E-state index contributed by atoms with van der Waals surface area (Å²) in [6.07, 6.45) is 15.2. The maximum absolute atomic E-state index is 13.4. The summed E-state index contributed by atoms with van der Waals surface area (Å²) in [5.74, 6) is -6.15. The fourth-order valence-electron chi connectivity index (χ4n) is 11.7. The Morgan fingerprint density at radius 1 is 0.591 bits per heavy atom. The first-order valence-electron chi connectivity index (χ1n) is 33.7. The van der Waals surface area contributed by atoms with Gasteiger partial charge >= 0.3 is 5.97 Å². The first-order chi connectivity index (χ1) is 42.4. The van der Waals surface area contributed by atoms with Gasteiger partial charge in [0.25, 0.3) is 5.79 Å². The number of carbonyl (C=O) groups excluding carboxylic acids is 2. The number of aliphatic hydroxyl groups excluding tert-OH is 11. The van der Waals surface area contributed by atoms with E-state index in [0.717, 1.165) is 77.6 Å². The molecule has 0 aromatic carbocycles. The molecule has 18 unspecified atom stereocenters. The van der Waals surface area contributed by atoms with E-state index in [1.165, 1.54) is 116 Å². The smallest absolute Gasteiger partial charge is 0.364 e. The fraction of sp³-hybridized carbons (Fsp3) is 0.892. The number of hydrogen-bond donors (Lipinski definition) is 14. The van der Waals surface area contributed by atoms with E-state index in [1.807, 2.05) is 6.08 Å². The van der Waals surface area contributed by atoms with Crippen LogP contribution in [0.1, 0.15) is 233 Å². The zero-order valence-electron chi connectivity index (χ0n) is 53.3. The average molecular weight is 1260 g/mol. The summed E-state index contributed by atoms with van der Waals surface area (Å²) in [6.45, 7) is 2.11. The van der Waals surface area contributed by atoms with E-state index >= 15 is 0 Å². The highest BCUT2D eigenvalue weighted by Crippen LogP contribution is 2.39. The maximum Gasteiger partial charge on any atom is 0.364 e. The van der Waals surface area contributed by atoms with Crippen molar-refractivity contribution in [2.75, 3.05) is 26.4 Å². The number of carbonyl (C=O) groups is 3. The van der Waals surface area contributed by atoms with Crippen molar-refractivity contribution in [2.45, 2.75) is 342 Å². The molecule has 0 aromatic rings. The molecule has 0 aliphatic carbocycles. The largest absolute Gasteiger partial charge is 0.477 e. The van der Waals surface area contributed by atoms with E-state index in [9.17, 15) is 75.7 Å². The second-order valence-corrected chi connectivity index (χ2v) is 24.7. The van der Waals surface area contributed by atoms with Crippen molar-refractivity contribution in [2.24, 2.45) is 0 Å². The number of carboxylic acids is 1. The Morgan fingerprint density at radius 3 is 1.55 bits per heavy atom. The van der Waals surface area contributed by atoms with Crippen molar-refractivity contribution in [3.8, 4) is 0 Å². The highest BCUT2D eigenvalue weighted by molar-refractivity contribution is 5.77. The molecular formula is C65H118N2O21. The van der Waals surface area contributed by atoms with Crippen molar-refractivity contribution in [3.63, 3.8) is 0 Å². The Balaban J connectivity index is 1.59. The van der Waals surface area contributed by atoms with E-state index < -0.39 is 155 Å². The van der Waals surface area contributed by atoms with Gasteiger partial charge in [0.1, 0.15) is 67.1 Å². The summed E-state index contributed by atoms with van der Waals surface area (Å²) in [5, 5.41) is 136. The predicted octanol–water partition coefficient (Wildman–Crippen LogP) is 5.28. The molecule has 23 nitrogen and oxygen atoms in total. The topological polar surface area (TPSA) is 373 Å². The van der Waals surface area contributed by atoms with Crippen molar-refractivity contribution in [3.05, 3.63) is 24.3 Å². The minimum Gasteiger partial charge on any atom is -0.477 e. The van der Waals surface area contributed by atoms with Gasteiger partial charge in [0.15, 0.2) is 12.6 Å². The van der Waals surface area contributed by atoms with Crippen LogP contribution in [-0.2, 0) is 42.8 Å². The Hall–Kier alpha value is -2.79. The van der Waals surface area contributed by atoms with E-state index in [2.05, 4.69) is 36.6 Å². The summed E-state index contributed by atoms with van der Waals surface area (Å²) in [4.78, 5) is 38.5. The van der Waals surface area contributed by atoms with Crippen LogP contribution in [0.2, 0.25) is 0 Å². The molecule has 14 N–H and O–H groups in total. The molecule has 0 spiro atoms. The van der Waals surface area contributed by atoms with Gasteiger partial charge in [0.2, 0.25) is 11.8 Å². The highest BCUT2D eigenvalue weighted by atomic mass is 16.8. The number of ether oxygens (including phenoxy) is 6. The average Bonchev–Trinajstić information content (AvgIpc) is 0.807.